The van der Waals surface area contributed by atoms with Gasteiger partial charge in [0.05, 0.1) is 7.11 Å². The van der Waals surface area contributed by atoms with E-state index in [1.54, 1.807) is 19.3 Å². The van der Waals surface area contributed by atoms with Crippen LogP contribution in [0.5, 0.6) is 5.75 Å². The van der Waals surface area contributed by atoms with E-state index in [4.69, 9.17) is 9.15 Å². The molecule has 0 bridgehead atoms. The number of hydrogen-bond acceptors (Lipinski definition) is 3. The van der Waals surface area contributed by atoms with Gasteiger partial charge in [0, 0.05) is 5.39 Å². The minimum atomic E-state index is -0.158. The second-order valence-corrected chi connectivity index (χ2v) is 4.62. The molecule has 0 N–H and O–H groups in total. The van der Waals surface area contributed by atoms with E-state index >= 15 is 0 Å². The Morgan fingerprint density at radius 3 is 2.76 bits per heavy atom. The van der Waals surface area contributed by atoms with Crippen molar-refractivity contribution in [2.45, 2.75) is 0 Å². The molecule has 0 saturated carbocycles. The van der Waals surface area contributed by atoms with Crippen LogP contribution in [0.25, 0.3) is 17.0 Å². The first-order valence-corrected chi connectivity index (χ1v) is 6.61. The van der Waals surface area contributed by atoms with Crippen LogP contribution >= 0.6 is 0 Å². The van der Waals surface area contributed by atoms with Gasteiger partial charge in [-0.1, -0.05) is 36.4 Å². The maximum Gasteiger partial charge on any atom is 0.221 e. The van der Waals surface area contributed by atoms with Gasteiger partial charge in [-0.3, -0.25) is 4.79 Å². The predicted molar refractivity (Wildman–Crippen MR) is 82.6 cm³/mol. The van der Waals surface area contributed by atoms with Crippen LogP contribution in [0, 0.1) is 0 Å². The fourth-order valence-electron chi connectivity index (χ4n) is 2.10. The minimum Gasteiger partial charge on any atom is -0.497 e. The first kappa shape index (κ1) is 13.2. The maximum atomic E-state index is 12.1. The molecule has 0 radical (unpaired) electrons. The van der Waals surface area contributed by atoms with Gasteiger partial charge in [0.15, 0.2) is 5.76 Å². The zero-order valence-electron chi connectivity index (χ0n) is 11.6. The highest BCUT2D eigenvalue weighted by molar-refractivity contribution is 6.06. The summed E-state index contributed by atoms with van der Waals surface area (Å²) in [6.07, 6.45) is 3.25. The highest BCUT2D eigenvalue weighted by Crippen LogP contribution is 2.20. The zero-order chi connectivity index (χ0) is 14.7. The Balaban J connectivity index is 1.83. The van der Waals surface area contributed by atoms with Crippen LogP contribution in [-0.2, 0) is 0 Å². The van der Waals surface area contributed by atoms with Crippen molar-refractivity contribution in [1.82, 2.24) is 0 Å². The molecule has 0 unspecified atom stereocenters. The first-order chi connectivity index (χ1) is 10.3. The monoisotopic (exact) mass is 278 g/mol. The summed E-state index contributed by atoms with van der Waals surface area (Å²) >= 11 is 0. The number of ketones is 1. The molecule has 0 spiro atoms. The van der Waals surface area contributed by atoms with Crippen LogP contribution in [-0.4, -0.2) is 12.9 Å². The third kappa shape index (κ3) is 2.87. The molecule has 0 atom stereocenters. The Bertz CT molecular complexity index is 779. The molecule has 21 heavy (non-hydrogen) atoms. The van der Waals surface area contributed by atoms with E-state index in [1.807, 2.05) is 48.5 Å². The van der Waals surface area contributed by atoms with Gasteiger partial charge >= 0.3 is 0 Å². The molecule has 3 heteroatoms. The minimum absolute atomic E-state index is 0.158. The zero-order valence-corrected chi connectivity index (χ0v) is 11.6. The van der Waals surface area contributed by atoms with Crippen LogP contribution in [0.4, 0.5) is 0 Å². The molecular formula is C18H14O3. The van der Waals surface area contributed by atoms with Gasteiger partial charge in [-0.15, -0.1) is 0 Å². The third-order valence-electron chi connectivity index (χ3n) is 3.19. The lowest BCUT2D eigenvalue weighted by molar-refractivity contribution is 0.102. The molecular weight excluding hydrogens is 264 g/mol. The number of carbonyl (C=O) groups is 1. The molecule has 2 aromatic carbocycles. The Kier molecular flexibility index (Phi) is 3.56. The maximum absolute atomic E-state index is 12.1. The van der Waals surface area contributed by atoms with Crippen molar-refractivity contribution in [2.75, 3.05) is 7.11 Å². The van der Waals surface area contributed by atoms with Crippen LogP contribution in [0.1, 0.15) is 16.1 Å². The average Bonchev–Trinajstić information content (AvgIpc) is 2.97. The SMILES string of the molecule is COc1cccc(C=CC(=O)c2cc3ccccc3o2)c1. The van der Waals surface area contributed by atoms with Gasteiger partial charge in [-0.05, 0) is 35.9 Å². The summed E-state index contributed by atoms with van der Waals surface area (Å²) in [6.45, 7) is 0. The van der Waals surface area contributed by atoms with Crippen LogP contribution in [0.3, 0.4) is 0 Å². The Morgan fingerprint density at radius 1 is 1.10 bits per heavy atom. The number of carbonyl (C=O) groups excluding carboxylic acids is 1. The lowest BCUT2D eigenvalue weighted by Crippen LogP contribution is -1.90. The van der Waals surface area contributed by atoms with E-state index in [1.165, 1.54) is 6.08 Å². The summed E-state index contributed by atoms with van der Waals surface area (Å²) in [4.78, 5) is 12.1. The fourth-order valence-corrected chi connectivity index (χ4v) is 2.10. The van der Waals surface area contributed by atoms with Gasteiger partial charge in [0.1, 0.15) is 11.3 Å². The number of hydrogen-bond donors (Lipinski definition) is 0. The average molecular weight is 278 g/mol. The molecule has 3 nitrogen and oxygen atoms in total. The standard InChI is InChI=1S/C18H14O3/c1-20-15-7-4-5-13(11-15)9-10-16(19)18-12-14-6-2-3-8-17(14)21-18/h2-12H,1H3. The summed E-state index contributed by atoms with van der Waals surface area (Å²) in [7, 11) is 1.61. The largest absolute Gasteiger partial charge is 0.497 e. The van der Waals surface area contributed by atoms with Crippen molar-refractivity contribution >= 4 is 22.8 Å². The number of benzene rings is 2. The molecule has 0 aliphatic rings. The Hall–Kier alpha value is -2.81. The van der Waals surface area contributed by atoms with E-state index in [0.29, 0.717) is 5.76 Å². The number of rotatable bonds is 4. The van der Waals surface area contributed by atoms with Crippen molar-refractivity contribution in [3.8, 4) is 5.75 Å². The van der Waals surface area contributed by atoms with E-state index in [0.717, 1.165) is 22.3 Å². The van der Waals surface area contributed by atoms with Crippen molar-refractivity contribution < 1.29 is 13.9 Å². The van der Waals surface area contributed by atoms with E-state index in [9.17, 15) is 4.79 Å². The summed E-state index contributed by atoms with van der Waals surface area (Å²) in [5.74, 6) is 0.942. The fraction of sp³-hybridized carbons (Fsp3) is 0.0556. The first-order valence-electron chi connectivity index (χ1n) is 6.61. The summed E-state index contributed by atoms with van der Waals surface area (Å²) in [6, 6.07) is 16.8. The van der Waals surface area contributed by atoms with Gasteiger partial charge in [-0.25, -0.2) is 0 Å². The predicted octanol–water partition coefficient (Wildman–Crippen LogP) is 4.34. The lowest BCUT2D eigenvalue weighted by Gasteiger charge is -1.99. The van der Waals surface area contributed by atoms with Crippen LogP contribution in [0.2, 0.25) is 0 Å². The number of para-hydroxylation sites is 1. The molecule has 0 aliphatic carbocycles. The van der Waals surface area contributed by atoms with E-state index in [-0.39, 0.29) is 5.78 Å². The molecule has 1 aromatic heterocycles. The Labute approximate surface area is 122 Å². The molecule has 3 aromatic rings. The van der Waals surface area contributed by atoms with Gasteiger partial charge in [0.25, 0.3) is 0 Å². The topological polar surface area (TPSA) is 39.4 Å². The molecule has 104 valence electrons. The number of ether oxygens (including phenoxy) is 1. The normalized spacial score (nSPS) is 11.1. The second kappa shape index (κ2) is 5.67. The van der Waals surface area contributed by atoms with E-state index in [2.05, 4.69) is 0 Å². The number of allylic oxidation sites excluding steroid dienone is 1. The number of methoxy groups -OCH3 is 1. The quantitative estimate of drug-likeness (QED) is 0.526. The van der Waals surface area contributed by atoms with Crippen molar-refractivity contribution in [1.29, 1.82) is 0 Å². The van der Waals surface area contributed by atoms with Crippen molar-refractivity contribution in [3.05, 3.63) is 72.0 Å². The number of furan rings is 1. The summed E-state index contributed by atoms with van der Waals surface area (Å²) in [5, 5.41) is 0.927. The van der Waals surface area contributed by atoms with Gasteiger partial charge in [-0.2, -0.15) is 0 Å². The third-order valence-corrected chi connectivity index (χ3v) is 3.19. The molecule has 0 aliphatic heterocycles. The van der Waals surface area contributed by atoms with Crippen molar-refractivity contribution in [3.63, 3.8) is 0 Å². The second-order valence-electron chi connectivity index (χ2n) is 4.62. The highest BCUT2D eigenvalue weighted by Gasteiger charge is 2.08. The molecule has 3 rings (SSSR count). The summed E-state index contributed by atoms with van der Waals surface area (Å²) < 4.78 is 10.7. The molecule has 0 amide bonds. The number of fused-ring (bicyclic) bond motifs is 1. The summed E-state index contributed by atoms with van der Waals surface area (Å²) in [5.41, 5.74) is 1.62. The Morgan fingerprint density at radius 2 is 1.95 bits per heavy atom. The highest BCUT2D eigenvalue weighted by atomic mass is 16.5. The van der Waals surface area contributed by atoms with Crippen LogP contribution < -0.4 is 4.74 Å². The molecule has 1 heterocycles. The van der Waals surface area contributed by atoms with Gasteiger partial charge < -0.3 is 9.15 Å². The smallest absolute Gasteiger partial charge is 0.221 e. The lowest BCUT2D eigenvalue weighted by atomic mass is 10.1. The van der Waals surface area contributed by atoms with E-state index < -0.39 is 0 Å². The van der Waals surface area contributed by atoms with Gasteiger partial charge in [0.2, 0.25) is 5.78 Å². The molecule has 0 fully saturated rings. The molecule has 0 saturated heterocycles. The van der Waals surface area contributed by atoms with Crippen LogP contribution in [0.15, 0.2) is 65.1 Å². The van der Waals surface area contributed by atoms with Crippen molar-refractivity contribution in [2.24, 2.45) is 0 Å².